The van der Waals surface area contributed by atoms with E-state index in [-0.39, 0.29) is 18.1 Å². The quantitative estimate of drug-likeness (QED) is 0.506. The van der Waals surface area contributed by atoms with E-state index in [0.717, 1.165) is 37.0 Å². The molecule has 7 heteroatoms. The van der Waals surface area contributed by atoms with Crippen LogP contribution >= 0.6 is 11.6 Å². The lowest BCUT2D eigenvalue weighted by Gasteiger charge is -2.56. The number of ether oxygens (including phenoxy) is 2. The molecule has 0 atom stereocenters. The van der Waals surface area contributed by atoms with E-state index in [0.29, 0.717) is 28.7 Å². The summed E-state index contributed by atoms with van der Waals surface area (Å²) in [7, 11) is 1.56. The lowest BCUT2D eigenvalue weighted by atomic mass is 9.53. The zero-order valence-corrected chi connectivity index (χ0v) is 17.8. The average molecular weight is 421 g/mol. The molecule has 0 radical (unpaired) electrons. The van der Waals surface area contributed by atoms with Crippen LogP contribution in [0.2, 0.25) is 5.02 Å². The van der Waals surface area contributed by atoms with Crippen LogP contribution in [0.25, 0.3) is 0 Å². The van der Waals surface area contributed by atoms with Gasteiger partial charge in [0.15, 0.2) is 18.1 Å². The van der Waals surface area contributed by atoms with Gasteiger partial charge in [-0.2, -0.15) is 0 Å². The Balaban J connectivity index is 1.30. The van der Waals surface area contributed by atoms with Crippen molar-refractivity contribution in [1.82, 2.24) is 5.32 Å². The number of halogens is 1. The minimum atomic E-state index is -0.0913. The Kier molecular flexibility index (Phi) is 5.91. The van der Waals surface area contributed by atoms with Crippen LogP contribution in [-0.2, 0) is 9.63 Å². The lowest BCUT2D eigenvalue weighted by molar-refractivity contribution is -0.131. The number of carbonyl (C=O) groups excluding carboxylic acids is 1. The molecule has 4 aliphatic carbocycles. The van der Waals surface area contributed by atoms with Crippen molar-refractivity contribution in [3.8, 4) is 11.5 Å². The highest BCUT2D eigenvalue weighted by atomic mass is 35.5. The first-order chi connectivity index (χ1) is 14.0. The van der Waals surface area contributed by atoms with Crippen molar-refractivity contribution in [1.29, 1.82) is 0 Å². The molecule has 0 spiro atoms. The van der Waals surface area contributed by atoms with E-state index >= 15 is 0 Å². The van der Waals surface area contributed by atoms with Gasteiger partial charge in [-0.05, 0) is 75.3 Å². The molecule has 0 saturated heterocycles. The number of nitrogens with one attached hydrogen (secondary N) is 1. The van der Waals surface area contributed by atoms with Gasteiger partial charge in [0.25, 0.3) is 5.91 Å². The monoisotopic (exact) mass is 420 g/mol. The predicted molar refractivity (Wildman–Crippen MR) is 112 cm³/mol. The normalized spacial score (nSPS) is 29.8. The van der Waals surface area contributed by atoms with Crippen molar-refractivity contribution in [2.75, 3.05) is 20.3 Å². The highest BCUT2D eigenvalue weighted by molar-refractivity contribution is 6.32. The van der Waals surface area contributed by atoms with Gasteiger partial charge in [-0.1, -0.05) is 16.8 Å². The minimum absolute atomic E-state index is 0.00505. The summed E-state index contributed by atoms with van der Waals surface area (Å²) in [4.78, 5) is 17.7. The Bertz CT molecular complexity index is 760. The molecule has 1 aromatic rings. The van der Waals surface area contributed by atoms with E-state index < -0.39 is 0 Å². The first-order valence-electron chi connectivity index (χ1n) is 10.5. The van der Waals surface area contributed by atoms with Crippen molar-refractivity contribution in [3.05, 3.63) is 22.7 Å². The van der Waals surface area contributed by atoms with Crippen LogP contribution in [0.15, 0.2) is 17.3 Å². The third kappa shape index (κ3) is 4.47. The summed E-state index contributed by atoms with van der Waals surface area (Å²) in [5, 5.41) is 7.64. The molecule has 4 aliphatic rings. The number of oxime groups is 1. The standard InChI is InChI=1S/C22H29ClN2O4/c1-3-28-21-18(23)7-17(8-19(21)27-2)12-24-29-13-20(26)25-22-9-14-4-15(10-22)6-16(5-14)11-22/h7-8,12,14-16H,3-6,9-11,13H2,1-2H3,(H,25,26)/b24-12-. The molecule has 1 N–H and O–H groups in total. The number of rotatable bonds is 8. The second-order valence-electron chi connectivity index (χ2n) is 8.72. The van der Waals surface area contributed by atoms with Gasteiger partial charge in [-0.3, -0.25) is 4.79 Å². The fourth-order valence-electron chi connectivity index (χ4n) is 5.89. The topological polar surface area (TPSA) is 69.2 Å². The fraction of sp³-hybridized carbons (Fsp3) is 0.636. The number of hydrogen-bond acceptors (Lipinski definition) is 5. The molecule has 5 rings (SSSR count). The molecule has 4 fully saturated rings. The van der Waals surface area contributed by atoms with E-state index in [2.05, 4.69) is 10.5 Å². The number of carbonyl (C=O) groups is 1. The summed E-state index contributed by atoms with van der Waals surface area (Å²) in [5.74, 6) is 3.32. The van der Waals surface area contributed by atoms with Crippen molar-refractivity contribution in [2.45, 2.75) is 51.0 Å². The predicted octanol–water partition coefficient (Wildman–Crippen LogP) is 4.18. The summed E-state index contributed by atoms with van der Waals surface area (Å²) in [5.41, 5.74) is 0.700. The summed E-state index contributed by atoms with van der Waals surface area (Å²) in [6.07, 6.45) is 8.94. The van der Waals surface area contributed by atoms with Crippen LogP contribution in [0.5, 0.6) is 11.5 Å². The number of nitrogens with zero attached hydrogens (tertiary/aromatic N) is 1. The lowest BCUT2D eigenvalue weighted by Crippen LogP contribution is -2.60. The van der Waals surface area contributed by atoms with E-state index in [9.17, 15) is 4.79 Å². The highest BCUT2D eigenvalue weighted by Crippen LogP contribution is 2.55. The third-order valence-electron chi connectivity index (χ3n) is 6.46. The summed E-state index contributed by atoms with van der Waals surface area (Å²) < 4.78 is 10.8. The Morgan fingerprint density at radius 1 is 1.24 bits per heavy atom. The Morgan fingerprint density at radius 2 is 1.90 bits per heavy atom. The molecule has 0 aromatic heterocycles. The van der Waals surface area contributed by atoms with Crippen molar-refractivity contribution in [2.24, 2.45) is 22.9 Å². The van der Waals surface area contributed by atoms with Gasteiger partial charge >= 0.3 is 0 Å². The van der Waals surface area contributed by atoms with Crippen molar-refractivity contribution >= 4 is 23.7 Å². The molecule has 0 unspecified atom stereocenters. The molecule has 0 heterocycles. The molecule has 4 saturated carbocycles. The maximum atomic E-state index is 12.4. The van der Waals surface area contributed by atoms with Gasteiger partial charge in [-0.15, -0.1) is 0 Å². The third-order valence-corrected chi connectivity index (χ3v) is 6.74. The second-order valence-corrected chi connectivity index (χ2v) is 9.13. The fourth-order valence-corrected chi connectivity index (χ4v) is 6.16. The van der Waals surface area contributed by atoms with Gasteiger partial charge in [-0.25, -0.2) is 0 Å². The number of hydrogen-bond donors (Lipinski definition) is 1. The summed E-state index contributed by atoms with van der Waals surface area (Å²) >= 11 is 6.26. The maximum Gasteiger partial charge on any atom is 0.261 e. The van der Waals surface area contributed by atoms with E-state index in [4.69, 9.17) is 25.9 Å². The Hall–Kier alpha value is -1.95. The van der Waals surface area contributed by atoms with Crippen molar-refractivity contribution < 1.29 is 19.1 Å². The molecule has 6 nitrogen and oxygen atoms in total. The second kappa shape index (κ2) is 8.42. The average Bonchev–Trinajstić information content (AvgIpc) is 2.65. The van der Waals surface area contributed by atoms with Gasteiger partial charge in [0.1, 0.15) is 0 Å². The molecule has 1 amide bonds. The van der Waals surface area contributed by atoms with E-state index in [1.807, 2.05) is 6.92 Å². The van der Waals surface area contributed by atoms with Crippen LogP contribution in [0.1, 0.15) is 51.0 Å². The van der Waals surface area contributed by atoms with E-state index in [1.54, 1.807) is 19.2 Å². The molecule has 1 aromatic carbocycles. The molecule has 0 aliphatic heterocycles. The van der Waals surface area contributed by atoms with Gasteiger partial charge < -0.3 is 19.6 Å². The highest BCUT2D eigenvalue weighted by Gasteiger charge is 2.51. The molecular weight excluding hydrogens is 392 g/mol. The van der Waals surface area contributed by atoms with Crippen molar-refractivity contribution in [3.63, 3.8) is 0 Å². The Morgan fingerprint density at radius 3 is 2.48 bits per heavy atom. The van der Waals surface area contributed by atoms with Crippen LogP contribution < -0.4 is 14.8 Å². The van der Waals surface area contributed by atoms with Crippen LogP contribution in [-0.4, -0.2) is 38.0 Å². The summed E-state index contributed by atoms with van der Waals surface area (Å²) in [6.45, 7) is 2.29. The maximum absolute atomic E-state index is 12.4. The Labute approximate surface area is 176 Å². The first kappa shape index (κ1) is 20.3. The van der Waals surface area contributed by atoms with Gasteiger partial charge in [0.2, 0.25) is 0 Å². The van der Waals surface area contributed by atoms with Crippen LogP contribution in [0.3, 0.4) is 0 Å². The van der Waals surface area contributed by atoms with Crippen LogP contribution in [0, 0.1) is 17.8 Å². The molecule has 158 valence electrons. The van der Waals surface area contributed by atoms with Gasteiger partial charge in [0, 0.05) is 11.1 Å². The van der Waals surface area contributed by atoms with Crippen LogP contribution in [0.4, 0.5) is 0 Å². The van der Waals surface area contributed by atoms with Gasteiger partial charge in [0.05, 0.1) is 25.0 Å². The smallest absolute Gasteiger partial charge is 0.261 e. The molecular formula is C22H29ClN2O4. The minimum Gasteiger partial charge on any atom is -0.493 e. The first-order valence-corrected chi connectivity index (χ1v) is 10.8. The number of benzene rings is 1. The molecule has 29 heavy (non-hydrogen) atoms. The van der Waals surface area contributed by atoms with E-state index in [1.165, 1.54) is 25.5 Å². The SMILES string of the molecule is CCOc1c(Cl)cc(/C=N\OCC(=O)NC23CC4CC(CC(C4)C2)C3)cc1OC. The zero-order valence-electron chi connectivity index (χ0n) is 17.1. The largest absolute Gasteiger partial charge is 0.493 e. The molecule has 4 bridgehead atoms. The number of methoxy groups -OCH3 is 1. The zero-order chi connectivity index (χ0) is 20.4. The summed E-state index contributed by atoms with van der Waals surface area (Å²) in [6, 6.07) is 3.48. The number of amides is 1.